The summed E-state index contributed by atoms with van der Waals surface area (Å²) >= 11 is 0. The number of nitrogens with zero attached hydrogens (tertiary/aromatic N) is 2. The van der Waals surface area contributed by atoms with Crippen molar-refractivity contribution in [2.45, 2.75) is 12.6 Å². The lowest BCUT2D eigenvalue weighted by molar-refractivity contribution is 0.153. The quantitative estimate of drug-likeness (QED) is 0.934. The van der Waals surface area contributed by atoms with Crippen LogP contribution in [0.2, 0.25) is 0 Å². The van der Waals surface area contributed by atoms with Crippen LogP contribution in [0, 0.1) is 0 Å². The predicted molar refractivity (Wildman–Crippen MR) is 83.3 cm³/mol. The molecule has 1 aromatic heterocycles. The van der Waals surface area contributed by atoms with Crippen LogP contribution in [-0.2, 0) is 6.54 Å². The van der Waals surface area contributed by atoms with Gasteiger partial charge in [-0.15, -0.1) is 0 Å². The number of hydrogen-bond donors (Lipinski definition) is 1. The number of nitrogens with one attached hydrogen (secondary N) is 1. The maximum Gasteiger partial charge on any atom is 0.118 e. The first-order valence-electron chi connectivity index (χ1n) is 7.34. The van der Waals surface area contributed by atoms with Gasteiger partial charge in [0, 0.05) is 44.6 Å². The number of benzene rings is 1. The number of hydrogen-bond acceptors (Lipinski definition) is 4. The van der Waals surface area contributed by atoms with Crippen LogP contribution in [0.5, 0.6) is 5.75 Å². The molecule has 21 heavy (non-hydrogen) atoms. The molecule has 110 valence electrons. The number of ether oxygens (including phenoxy) is 1. The van der Waals surface area contributed by atoms with Crippen molar-refractivity contribution >= 4 is 0 Å². The summed E-state index contributed by atoms with van der Waals surface area (Å²) in [6, 6.07) is 12.9. The number of piperazine rings is 1. The normalized spacial score (nSPS) is 19.4. The van der Waals surface area contributed by atoms with Crippen molar-refractivity contribution in [1.82, 2.24) is 15.2 Å². The summed E-state index contributed by atoms with van der Waals surface area (Å²) in [5.41, 5.74) is 2.59. The van der Waals surface area contributed by atoms with E-state index >= 15 is 0 Å². The Morgan fingerprint density at radius 1 is 1.29 bits per heavy atom. The van der Waals surface area contributed by atoms with E-state index in [0.29, 0.717) is 6.04 Å². The molecule has 0 amide bonds. The predicted octanol–water partition coefficient (Wildman–Crippen LogP) is 2.24. The van der Waals surface area contributed by atoms with Crippen LogP contribution in [0.25, 0.3) is 0 Å². The lowest BCUT2D eigenvalue weighted by Crippen LogP contribution is -2.45. The van der Waals surface area contributed by atoms with Gasteiger partial charge in [0.25, 0.3) is 0 Å². The standard InChI is InChI=1S/C17H21N3O/c1-21-16-6-4-15(5-7-16)17-12-19-9-10-20(17)13-14-3-2-8-18-11-14/h2-8,11,17,19H,9-10,12-13H2,1H3. The van der Waals surface area contributed by atoms with Gasteiger partial charge in [0.15, 0.2) is 0 Å². The molecule has 2 aromatic rings. The van der Waals surface area contributed by atoms with E-state index in [1.165, 1.54) is 11.1 Å². The molecule has 1 fully saturated rings. The molecule has 0 radical (unpaired) electrons. The van der Waals surface area contributed by atoms with E-state index in [1.54, 1.807) is 7.11 Å². The number of aromatic nitrogens is 1. The fourth-order valence-electron chi connectivity index (χ4n) is 2.82. The minimum atomic E-state index is 0.393. The van der Waals surface area contributed by atoms with E-state index in [9.17, 15) is 0 Å². The van der Waals surface area contributed by atoms with Crippen LogP contribution in [0.4, 0.5) is 0 Å². The van der Waals surface area contributed by atoms with Gasteiger partial charge in [-0.1, -0.05) is 18.2 Å². The van der Waals surface area contributed by atoms with Gasteiger partial charge in [-0.3, -0.25) is 9.88 Å². The Morgan fingerprint density at radius 3 is 2.86 bits per heavy atom. The van der Waals surface area contributed by atoms with E-state index in [2.05, 4.69) is 33.4 Å². The van der Waals surface area contributed by atoms with E-state index < -0.39 is 0 Å². The molecule has 4 nitrogen and oxygen atoms in total. The lowest BCUT2D eigenvalue weighted by Gasteiger charge is -2.36. The van der Waals surface area contributed by atoms with Crippen LogP contribution in [0.3, 0.4) is 0 Å². The Labute approximate surface area is 125 Å². The third-order valence-corrected chi connectivity index (χ3v) is 3.96. The molecule has 1 saturated heterocycles. The Bertz CT molecular complexity index is 556. The van der Waals surface area contributed by atoms with Gasteiger partial charge < -0.3 is 10.1 Å². The van der Waals surface area contributed by atoms with E-state index in [0.717, 1.165) is 31.9 Å². The Morgan fingerprint density at radius 2 is 2.14 bits per heavy atom. The zero-order valence-corrected chi connectivity index (χ0v) is 12.3. The zero-order valence-electron chi connectivity index (χ0n) is 12.3. The SMILES string of the molecule is COc1ccc(C2CNCCN2Cc2cccnc2)cc1. The van der Waals surface area contributed by atoms with Crippen molar-refractivity contribution in [2.24, 2.45) is 0 Å². The molecule has 1 aliphatic heterocycles. The first-order valence-corrected chi connectivity index (χ1v) is 7.34. The lowest BCUT2D eigenvalue weighted by atomic mass is 10.0. The highest BCUT2D eigenvalue weighted by Crippen LogP contribution is 2.25. The highest BCUT2D eigenvalue weighted by molar-refractivity contribution is 5.29. The second-order valence-electron chi connectivity index (χ2n) is 5.32. The molecule has 3 rings (SSSR count). The average Bonchev–Trinajstić information content (AvgIpc) is 2.56. The van der Waals surface area contributed by atoms with E-state index in [-0.39, 0.29) is 0 Å². The van der Waals surface area contributed by atoms with Gasteiger partial charge in [-0.05, 0) is 29.3 Å². The molecule has 0 bridgehead atoms. The summed E-state index contributed by atoms with van der Waals surface area (Å²) in [5.74, 6) is 0.904. The second kappa shape index (κ2) is 6.70. The van der Waals surface area contributed by atoms with Gasteiger partial charge in [-0.2, -0.15) is 0 Å². The molecule has 1 atom stereocenters. The fraction of sp³-hybridized carbons (Fsp3) is 0.353. The third-order valence-electron chi connectivity index (χ3n) is 3.96. The minimum Gasteiger partial charge on any atom is -0.497 e. The smallest absolute Gasteiger partial charge is 0.118 e. The second-order valence-corrected chi connectivity index (χ2v) is 5.32. The minimum absolute atomic E-state index is 0.393. The summed E-state index contributed by atoms with van der Waals surface area (Å²) < 4.78 is 5.24. The Hall–Kier alpha value is -1.91. The van der Waals surface area contributed by atoms with Crippen LogP contribution in [-0.4, -0.2) is 36.6 Å². The molecular formula is C17H21N3O. The summed E-state index contributed by atoms with van der Waals surface area (Å²) in [7, 11) is 1.70. The molecule has 1 aromatic carbocycles. The molecule has 0 aliphatic carbocycles. The first kappa shape index (κ1) is 14.0. The van der Waals surface area contributed by atoms with Crippen LogP contribution in [0.15, 0.2) is 48.8 Å². The van der Waals surface area contributed by atoms with Crippen molar-refractivity contribution < 1.29 is 4.74 Å². The molecule has 1 unspecified atom stereocenters. The number of rotatable bonds is 4. The molecule has 1 N–H and O–H groups in total. The van der Waals surface area contributed by atoms with Gasteiger partial charge in [-0.25, -0.2) is 0 Å². The molecule has 2 heterocycles. The fourth-order valence-corrected chi connectivity index (χ4v) is 2.82. The van der Waals surface area contributed by atoms with Crippen molar-refractivity contribution in [1.29, 1.82) is 0 Å². The summed E-state index contributed by atoms with van der Waals surface area (Å²) in [6.07, 6.45) is 3.77. The van der Waals surface area contributed by atoms with Gasteiger partial charge in [0.2, 0.25) is 0 Å². The first-order chi connectivity index (χ1) is 10.4. The third kappa shape index (κ3) is 3.40. The van der Waals surface area contributed by atoms with Crippen LogP contribution < -0.4 is 10.1 Å². The molecule has 1 aliphatic rings. The summed E-state index contributed by atoms with van der Waals surface area (Å²) in [5, 5.41) is 3.49. The topological polar surface area (TPSA) is 37.4 Å². The summed E-state index contributed by atoms with van der Waals surface area (Å²) in [4.78, 5) is 6.72. The van der Waals surface area contributed by atoms with Gasteiger partial charge >= 0.3 is 0 Å². The maximum absolute atomic E-state index is 5.24. The van der Waals surface area contributed by atoms with Crippen molar-refractivity contribution in [3.05, 3.63) is 59.9 Å². The molecular weight excluding hydrogens is 262 g/mol. The van der Waals surface area contributed by atoms with Crippen molar-refractivity contribution in [3.63, 3.8) is 0 Å². The van der Waals surface area contributed by atoms with Crippen molar-refractivity contribution in [2.75, 3.05) is 26.7 Å². The van der Waals surface area contributed by atoms with E-state index in [4.69, 9.17) is 4.74 Å². The van der Waals surface area contributed by atoms with Crippen LogP contribution in [0.1, 0.15) is 17.2 Å². The molecule has 4 heteroatoms. The molecule has 0 saturated carbocycles. The number of pyridine rings is 1. The monoisotopic (exact) mass is 283 g/mol. The highest BCUT2D eigenvalue weighted by Gasteiger charge is 2.23. The Balaban J connectivity index is 1.77. The number of methoxy groups -OCH3 is 1. The van der Waals surface area contributed by atoms with Gasteiger partial charge in [0.05, 0.1) is 7.11 Å². The van der Waals surface area contributed by atoms with Gasteiger partial charge in [0.1, 0.15) is 5.75 Å². The average molecular weight is 283 g/mol. The van der Waals surface area contributed by atoms with Crippen molar-refractivity contribution in [3.8, 4) is 5.75 Å². The maximum atomic E-state index is 5.24. The van der Waals surface area contributed by atoms with Crippen LogP contribution >= 0.6 is 0 Å². The zero-order chi connectivity index (χ0) is 14.5. The summed E-state index contributed by atoms with van der Waals surface area (Å²) in [6.45, 7) is 4.00. The highest BCUT2D eigenvalue weighted by atomic mass is 16.5. The molecule has 0 spiro atoms. The largest absolute Gasteiger partial charge is 0.497 e. The van der Waals surface area contributed by atoms with E-state index in [1.807, 2.05) is 30.6 Å². The Kier molecular flexibility index (Phi) is 4.48.